The first kappa shape index (κ1) is 15.0. The average Bonchev–Trinajstić information content (AvgIpc) is 2.97. The van der Waals surface area contributed by atoms with Crippen LogP contribution in [0.5, 0.6) is 0 Å². The van der Waals surface area contributed by atoms with Crippen LogP contribution in [0.1, 0.15) is 30.9 Å². The second-order valence-corrected chi connectivity index (χ2v) is 5.14. The molecule has 1 fully saturated rings. The fourth-order valence-corrected chi connectivity index (χ4v) is 2.13. The van der Waals surface area contributed by atoms with E-state index >= 15 is 0 Å². The van der Waals surface area contributed by atoms with Crippen LogP contribution in [0.15, 0.2) is 24.3 Å². The molecule has 20 heavy (non-hydrogen) atoms. The number of ether oxygens (including phenoxy) is 3. The molecule has 2 unspecified atom stereocenters. The Balaban J connectivity index is 1.72. The molecule has 4 heteroatoms. The van der Waals surface area contributed by atoms with E-state index in [1.165, 1.54) is 0 Å². The molecule has 0 spiro atoms. The molecule has 1 aromatic carbocycles. The molecule has 1 aromatic rings. The lowest BCUT2D eigenvalue weighted by Gasteiger charge is -2.15. The summed E-state index contributed by atoms with van der Waals surface area (Å²) in [5, 5.41) is 0. The molecular weight excluding hydrogens is 256 g/mol. The largest absolute Gasteiger partial charge is 0.459 e. The standard InChI is InChI=1S/C16H22O4/c1-12-6-3-4-7-14(12)10-20-16(17)13(2)19-11-15-8-5-9-18-15/h3-4,6-7,13,15H,5,8-11H2,1-2H3. The van der Waals surface area contributed by atoms with Crippen LogP contribution in [-0.4, -0.2) is 31.4 Å². The summed E-state index contributed by atoms with van der Waals surface area (Å²) in [5.74, 6) is -0.328. The summed E-state index contributed by atoms with van der Waals surface area (Å²) in [5.41, 5.74) is 2.14. The van der Waals surface area contributed by atoms with Crippen molar-refractivity contribution in [3.05, 3.63) is 35.4 Å². The van der Waals surface area contributed by atoms with Crippen LogP contribution in [-0.2, 0) is 25.6 Å². The summed E-state index contributed by atoms with van der Waals surface area (Å²) in [7, 11) is 0. The Kier molecular flexibility index (Phi) is 5.56. The highest BCUT2D eigenvalue weighted by Gasteiger charge is 2.20. The number of carbonyl (C=O) groups excluding carboxylic acids is 1. The highest BCUT2D eigenvalue weighted by molar-refractivity contribution is 5.74. The topological polar surface area (TPSA) is 44.8 Å². The maximum Gasteiger partial charge on any atom is 0.335 e. The Labute approximate surface area is 120 Å². The van der Waals surface area contributed by atoms with E-state index < -0.39 is 6.10 Å². The van der Waals surface area contributed by atoms with Crippen molar-refractivity contribution in [1.82, 2.24) is 0 Å². The lowest BCUT2D eigenvalue weighted by atomic mass is 10.1. The third kappa shape index (κ3) is 4.32. The van der Waals surface area contributed by atoms with Gasteiger partial charge in [-0.05, 0) is 37.8 Å². The molecule has 0 aromatic heterocycles. The van der Waals surface area contributed by atoms with Gasteiger partial charge in [0, 0.05) is 6.61 Å². The zero-order chi connectivity index (χ0) is 14.4. The Bertz CT molecular complexity index is 438. The lowest BCUT2D eigenvalue weighted by molar-refractivity contribution is -0.159. The summed E-state index contributed by atoms with van der Waals surface area (Å²) in [6, 6.07) is 7.86. The van der Waals surface area contributed by atoms with Gasteiger partial charge in [0.25, 0.3) is 0 Å². The summed E-state index contributed by atoms with van der Waals surface area (Å²) in [6.07, 6.45) is 1.65. The van der Waals surface area contributed by atoms with E-state index in [4.69, 9.17) is 14.2 Å². The van der Waals surface area contributed by atoms with Gasteiger partial charge in [-0.15, -0.1) is 0 Å². The van der Waals surface area contributed by atoms with Gasteiger partial charge in [0.15, 0.2) is 6.10 Å². The molecule has 0 amide bonds. The minimum absolute atomic E-state index is 0.126. The maximum absolute atomic E-state index is 11.8. The normalized spacial score (nSPS) is 19.8. The van der Waals surface area contributed by atoms with E-state index in [1.54, 1.807) is 6.92 Å². The van der Waals surface area contributed by atoms with Gasteiger partial charge in [-0.3, -0.25) is 0 Å². The van der Waals surface area contributed by atoms with Crippen LogP contribution in [0.4, 0.5) is 0 Å². The van der Waals surface area contributed by atoms with Crippen molar-refractivity contribution in [1.29, 1.82) is 0 Å². The maximum atomic E-state index is 11.8. The number of benzene rings is 1. The quantitative estimate of drug-likeness (QED) is 0.750. The van der Waals surface area contributed by atoms with Gasteiger partial charge >= 0.3 is 5.97 Å². The Morgan fingerprint density at radius 2 is 2.25 bits per heavy atom. The highest BCUT2D eigenvalue weighted by atomic mass is 16.6. The van der Waals surface area contributed by atoms with Crippen LogP contribution in [0.25, 0.3) is 0 Å². The van der Waals surface area contributed by atoms with Crippen molar-refractivity contribution in [2.75, 3.05) is 13.2 Å². The van der Waals surface area contributed by atoms with E-state index in [9.17, 15) is 4.79 Å². The first-order chi connectivity index (χ1) is 9.66. The van der Waals surface area contributed by atoms with Gasteiger partial charge in [-0.1, -0.05) is 24.3 Å². The Morgan fingerprint density at radius 1 is 1.45 bits per heavy atom. The van der Waals surface area contributed by atoms with Crippen molar-refractivity contribution >= 4 is 5.97 Å². The van der Waals surface area contributed by atoms with Crippen LogP contribution >= 0.6 is 0 Å². The molecule has 4 nitrogen and oxygen atoms in total. The highest BCUT2D eigenvalue weighted by Crippen LogP contribution is 2.13. The molecule has 0 bridgehead atoms. The average molecular weight is 278 g/mol. The number of hydrogen-bond donors (Lipinski definition) is 0. The van der Waals surface area contributed by atoms with E-state index in [2.05, 4.69) is 0 Å². The predicted molar refractivity (Wildman–Crippen MR) is 75.4 cm³/mol. The molecule has 2 atom stereocenters. The van der Waals surface area contributed by atoms with Gasteiger partial charge in [0.1, 0.15) is 6.61 Å². The van der Waals surface area contributed by atoms with Crippen molar-refractivity contribution in [3.8, 4) is 0 Å². The third-order valence-electron chi connectivity index (χ3n) is 3.52. The minimum atomic E-state index is -0.553. The molecule has 0 saturated carbocycles. The second kappa shape index (κ2) is 7.41. The van der Waals surface area contributed by atoms with E-state index in [0.717, 1.165) is 30.6 Å². The van der Waals surface area contributed by atoms with Gasteiger partial charge in [-0.2, -0.15) is 0 Å². The summed E-state index contributed by atoms with van der Waals surface area (Å²) >= 11 is 0. The Morgan fingerprint density at radius 3 is 2.95 bits per heavy atom. The first-order valence-corrected chi connectivity index (χ1v) is 7.11. The van der Waals surface area contributed by atoms with Crippen LogP contribution in [0.2, 0.25) is 0 Å². The molecule has 110 valence electrons. The smallest absolute Gasteiger partial charge is 0.335 e. The minimum Gasteiger partial charge on any atom is -0.459 e. The van der Waals surface area contributed by atoms with Gasteiger partial charge in [0.05, 0.1) is 12.7 Å². The summed E-state index contributed by atoms with van der Waals surface area (Å²) < 4.78 is 16.2. The SMILES string of the molecule is Cc1ccccc1COC(=O)C(C)OCC1CCCO1. The van der Waals surface area contributed by atoms with Crippen molar-refractivity contribution < 1.29 is 19.0 Å². The van der Waals surface area contributed by atoms with E-state index in [1.807, 2.05) is 31.2 Å². The Hall–Kier alpha value is -1.39. The van der Waals surface area contributed by atoms with Crippen LogP contribution < -0.4 is 0 Å². The number of esters is 1. The third-order valence-corrected chi connectivity index (χ3v) is 3.52. The lowest BCUT2D eigenvalue weighted by Crippen LogP contribution is -2.27. The zero-order valence-corrected chi connectivity index (χ0v) is 12.1. The summed E-state index contributed by atoms with van der Waals surface area (Å²) in [6.45, 7) is 5.26. The summed E-state index contributed by atoms with van der Waals surface area (Å²) in [4.78, 5) is 11.8. The zero-order valence-electron chi connectivity index (χ0n) is 12.1. The predicted octanol–water partition coefficient (Wildman–Crippen LogP) is 2.62. The number of aryl methyl sites for hydroxylation is 1. The van der Waals surface area contributed by atoms with Crippen molar-refractivity contribution in [3.63, 3.8) is 0 Å². The molecular formula is C16H22O4. The molecule has 1 saturated heterocycles. The fourth-order valence-electron chi connectivity index (χ4n) is 2.13. The molecule has 1 heterocycles. The number of carbonyl (C=O) groups is 1. The van der Waals surface area contributed by atoms with Crippen LogP contribution in [0, 0.1) is 6.92 Å². The first-order valence-electron chi connectivity index (χ1n) is 7.11. The van der Waals surface area contributed by atoms with E-state index in [-0.39, 0.29) is 12.1 Å². The molecule has 2 rings (SSSR count). The molecule has 0 aliphatic carbocycles. The van der Waals surface area contributed by atoms with Gasteiger partial charge in [0.2, 0.25) is 0 Å². The van der Waals surface area contributed by atoms with Gasteiger partial charge in [-0.25, -0.2) is 4.79 Å². The molecule has 0 radical (unpaired) electrons. The molecule has 0 N–H and O–H groups in total. The fraction of sp³-hybridized carbons (Fsp3) is 0.562. The molecule has 1 aliphatic rings. The van der Waals surface area contributed by atoms with Gasteiger partial charge < -0.3 is 14.2 Å². The second-order valence-electron chi connectivity index (χ2n) is 5.14. The van der Waals surface area contributed by atoms with Crippen molar-refractivity contribution in [2.45, 2.75) is 45.5 Å². The monoisotopic (exact) mass is 278 g/mol. The van der Waals surface area contributed by atoms with Crippen LogP contribution in [0.3, 0.4) is 0 Å². The number of rotatable bonds is 6. The molecule has 1 aliphatic heterocycles. The number of hydrogen-bond acceptors (Lipinski definition) is 4. The van der Waals surface area contributed by atoms with Crippen molar-refractivity contribution in [2.24, 2.45) is 0 Å². The van der Waals surface area contributed by atoms with E-state index in [0.29, 0.717) is 13.2 Å².